The Morgan fingerprint density at radius 3 is 2.54 bits per heavy atom. The first-order valence-electron chi connectivity index (χ1n) is 7.62. The molecule has 3 nitrogen and oxygen atoms in total. The van der Waals surface area contributed by atoms with E-state index >= 15 is 0 Å². The van der Waals surface area contributed by atoms with Crippen molar-refractivity contribution >= 4 is 23.1 Å². The molecule has 24 heavy (non-hydrogen) atoms. The van der Waals surface area contributed by atoms with Crippen LogP contribution in [0.5, 0.6) is 0 Å². The van der Waals surface area contributed by atoms with Gasteiger partial charge in [-0.1, -0.05) is 24.3 Å². The highest BCUT2D eigenvalue weighted by atomic mass is 19.1. The lowest BCUT2D eigenvalue weighted by atomic mass is 10.0. The van der Waals surface area contributed by atoms with Crippen molar-refractivity contribution in [3.05, 3.63) is 84.1 Å². The Morgan fingerprint density at radius 1 is 0.875 bits per heavy atom. The molecule has 0 amide bonds. The average Bonchev–Trinajstić information content (AvgIpc) is 3.04. The van der Waals surface area contributed by atoms with E-state index in [1.54, 1.807) is 30.6 Å². The molecule has 0 aliphatic heterocycles. The maximum absolute atomic E-state index is 13.7. The van der Waals surface area contributed by atoms with Crippen molar-refractivity contribution in [2.75, 3.05) is 0 Å². The molecule has 1 N–H and O–H groups in total. The van der Waals surface area contributed by atoms with Crippen LogP contribution in [0.15, 0.2) is 67.0 Å². The summed E-state index contributed by atoms with van der Waals surface area (Å²) in [6, 6.07) is 16.7. The standard InChI is InChI=1S/C20H14FN3/c21-18-4-2-1-3-15(18)6-8-19-17-7-5-16(13-20(17)24-23-19)14-9-11-22-12-10-14/h1-13H,(H,23,24). The summed E-state index contributed by atoms with van der Waals surface area (Å²) in [7, 11) is 0. The molecule has 0 radical (unpaired) electrons. The van der Waals surface area contributed by atoms with Gasteiger partial charge < -0.3 is 0 Å². The highest BCUT2D eigenvalue weighted by Gasteiger charge is 2.05. The van der Waals surface area contributed by atoms with E-state index < -0.39 is 0 Å². The molecule has 0 fully saturated rings. The first-order valence-corrected chi connectivity index (χ1v) is 7.62. The summed E-state index contributed by atoms with van der Waals surface area (Å²) in [4.78, 5) is 4.04. The van der Waals surface area contributed by atoms with E-state index in [2.05, 4.69) is 21.2 Å². The molecule has 4 heteroatoms. The third kappa shape index (κ3) is 2.70. The molecule has 0 unspecified atom stereocenters. The van der Waals surface area contributed by atoms with Gasteiger partial charge in [-0.25, -0.2) is 4.39 Å². The topological polar surface area (TPSA) is 41.6 Å². The predicted octanol–water partition coefficient (Wildman–Crippen LogP) is 4.93. The molecule has 0 atom stereocenters. The monoisotopic (exact) mass is 315 g/mol. The molecule has 4 aromatic rings. The van der Waals surface area contributed by atoms with E-state index in [4.69, 9.17) is 0 Å². The number of fused-ring (bicyclic) bond motifs is 1. The number of H-pyrrole nitrogens is 1. The predicted molar refractivity (Wildman–Crippen MR) is 94.7 cm³/mol. The highest BCUT2D eigenvalue weighted by molar-refractivity contribution is 5.92. The molecule has 2 heterocycles. The van der Waals surface area contributed by atoms with Crippen LogP contribution in [0.1, 0.15) is 11.3 Å². The van der Waals surface area contributed by atoms with Gasteiger partial charge in [0.2, 0.25) is 0 Å². The molecule has 0 aliphatic carbocycles. The smallest absolute Gasteiger partial charge is 0.130 e. The zero-order valence-corrected chi connectivity index (χ0v) is 12.8. The van der Waals surface area contributed by atoms with Gasteiger partial charge in [0, 0.05) is 23.3 Å². The maximum atomic E-state index is 13.7. The second-order valence-corrected chi connectivity index (χ2v) is 5.46. The van der Waals surface area contributed by atoms with Crippen molar-refractivity contribution in [3.63, 3.8) is 0 Å². The van der Waals surface area contributed by atoms with Crippen LogP contribution in [-0.4, -0.2) is 15.2 Å². The molecule has 0 saturated heterocycles. The molecule has 2 aromatic carbocycles. The fraction of sp³-hybridized carbons (Fsp3) is 0. The van der Waals surface area contributed by atoms with Crippen LogP contribution < -0.4 is 0 Å². The summed E-state index contributed by atoms with van der Waals surface area (Å²) in [5.74, 6) is -0.242. The molecule has 2 aromatic heterocycles. The maximum Gasteiger partial charge on any atom is 0.130 e. The summed E-state index contributed by atoms with van der Waals surface area (Å²) >= 11 is 0. The first-order chi connectivity index (χ1) is 11.8. The number of hydrogen-bond donors (Lipinski definition) is 1. The number of benzene rings is 2. The highest BCUT2D eigenvalue weighted by Crippen LogP contribution is 2.25. The third-order valence-corrected chi connectivity index (χ3v) is 3.93. The van der Waals surface area contributed by atoms with Crippen LogP contribution in [0.25, 0.3) is 34.2 Å². The van der Waals surface area contributed by atoms with Gasteiger partial charge in [0.25, 0.3) is 0 Å². The summed E-state index contributed by atoms with van der Waals surface area (Å²) in [5, 5.41) is 8.37. The Bertz CT molecular complexity index is 1020. The van der Waals surface area contributed by atoms with Gasteiger partial charge in [-0.05, 0) is 53.6 Å². The number of rotatable bonds is 3. The Morgan fingerprint density at radius 2 is 1.71 bits per heavy atom. The lowest BCUT2D eigenvalue weighted by molar-refractivity contribution is 0.625. The minimum atomic E-state index is -0.242. The van der Waals surface area contributed by atoms with E-state index in [0.29, 0.717) is 5.56 Å². The minimum absolute atomic E-state index is 0.242. The largest absolute Gasteiger partial charge is 0.277 e. The lowest BCUT2D eigenvalue weighted by Crippen LogP contribution is -1.80. The molecular formula is C20H14FN3. The van der Waals surface area contributed by atoms with E-state index in [9.17, 15) is 4.39 Å². The SMILES string of the molecule is Fc1ccccc1C=Cc1n[nH]c2cc(-c3ccncc3)ccc12. The number of aromatic amines is 1. The molecule has 4 rings (SSSR count). The Labute approximate surface area is 138 Å². The van der Waals surface area contributed by atoms with E-state index in [1.807, 2.05) is 36.4 Å². The number of aromatic nitrogens is 3. The molecule has 116 valence electrons. The second-order valence-electron chi connectivity index (χ2n) is 5.46. The van der Waals surface area contributed by atoms with Gasteiger partial charge in [0.1, 0.15) is 5.82 Å². The zero-order chi connectivity index (χ0) is 16.4. The number of hydrogen-bond acceptors (Lipinski definition) is 2. The van der Waals surface area contributed by atoms with Crippen molar-refractivity contribution < 1.29 is 4.39 Å². The summed E-state index contributed by atoms with van der Waals surface area (Å²) in [6.07, 6.45) is 7.11. The number of nitrogens with one attached hydrogen (secondary N) is 1. The lowest BCUT2D eigenvalue weighted by Gasteiger charge is -2.01. The van der Waals surface area contributed by atoms with Crippen LogP contribution in [0.2, 0.25) is 0 Å². The molecule has 0 spiro atoms. The first kappa shape index (κ1) is 14.3. The summed E-state index contributed by atoms with van der Waals surface area (Å²) in [6.45, 7) is 0. The number of nitrogens with zero attached hydrogens (tertiary/aromatic N) is 2. The molecule has 0 aliphatic rings. The Hall–Kier alpha value is -3.27. The van der Waals surface area contributed by atoms with Crippen LogP contribution in [0.4, 0.5) is 4.39 Å². The fourth-order valence-corrected chi connectivity index (χ4v) is 2.67. The van der Waals surface area contributed by atoms with Gasteiger partial charge in [0.15, 0.2) is 0 Å². The third-order valence-electron chi connectivity index (χ3n) is 3.93. The van der Waals surface area contributed by atoms with Gasteiger partial charge in [-0.2, -0.15) is 5.10 Å². The average molecular weight is 315 g/mol. The van der Waals surface area contributed by atoms with Crippen molar-refractivity contribution in [1.82, 2.24) is 15.2 Å². The van der Waals surface area contributed by atoms with Crippen LogP contribution in [0.3, 0.4) is 0 Å². The van der Waals surface area contributed by atoms with Crippen molar-refractivity contribution in [2.24, 2.45) is 0 Å². The molecular weight excluding hydrogens is 301 g/mol. The van der Waals surface area contributed by atoms with Gasteiger partial charge >= 0.3 is 0 Å². The number of halogens is 1. The second kappa shape index (κ2) is 6.08. The van der Waals surface area contributed by atoms with E-state index in [1.165, 1.54) is 6.07 Å². The van der Waals surface area contributed by atoms with Crippen LogP contribution in [-0.2, 0) is 0 Å². The van der Waals surface area contributed by atoms with E-state index in [0.717, 1.165) is 27.7 Å². The van der Waals surface area contributed by atoms with E-state index in [-0.39, 0.29) is 5.82 Å². The van der Waals surface area contributed by atoms with Crippen molar-refractivity contribution in [3.8, 4) is 11.1 Å². The van der Waals surface area contributed by atoms with Crippen molar-refractivity contribution in [1.29, 1.82) is 0 Å². The van der Waals surface area contributed by atoms with Crippen LogP contribution >= 0.6 is 0 Å². The van der Waals surface area contributed by atoms with Crippen molar-refractivity contribution in [2.45, 2.75) is 0 Å². The van der Waals surface area contributed by atoms with Gasteiger partial charge in [-0.3, -0.25) is 10.1 Å². The molecule has 0 bridgehead atoms. The fourth-order valence-electron chi connectivity index (χ4n) is 2.67. The minimum Gasteiger partial charge on any atom is -0.277 e. The summed E-state index contributed by atoms with van der Waals surface area (Å²) in [5.41, 5.74) is 4.47. The van der Waals surface area contributed by atoms with Gasteiger partial charge in [0.05, 0.1) is 11.2 Å². The normalized spacial score (nSPS) is 11.4. The summed E-state index contributed by atoms with van der Waals surface area (Å²) < 4.78 is 13.7. The Balaban J connectivity index is 1.70. The quantitative estimate of drug-likeness (QED) is 0.582. The Kier molecular flexibility index (Phi) is 3.63. The van der Waals surface area contributed by atoms with Gasteiger partial charge in [-0.15, -0.1) is 0 Å². The molecule has 0 saturated carbocycles. The zero-order valence-electron chi connectivity index (χ0n) is 12.8. The number of pyridine rings is 1. The van der Waals surface area contributed by atoms with Crippen LogP contribution in [0, 0.1) is 5.82 Å².